The summed E-state index contributed by atoms with van der Waals surface area (Å²) in [6.45, 7) is 1.60. The molecular weight excluding hydrogens is 330 g/mol. The highest BCUT2D eigenvalue weighted by atomic mass is 16.3. The Hall–Kier alpha value is -2.25. The SMILES string of the molecule is OC1CCN(c2ccnc(N[C@H](c3ccccn3)C3CC(O)C3)n2)CC1. The first kappa shape index (κ1) is 17.2. The van der Waals surface area contributed by atoms with Crippen LogP contribution in [-0.4, -0.2) is 50.5 Å². The van der Waals surface area contributed by atoms with Crippen LogP contribution in [0, 0.1) is 5.92 Å². The molecule has 1 aliphatic heterocycles. The van der Waals surface area contributed by atoms with E-state index in [1.54, 1.807) is 12.4 Å². The molecule has 2 aromatic heterocycles. The average Bonchev–Trinajstić information content (AvgIpc) is 2.65. The predicted octanol–water partition coefficient (Wildman–Crippen LogP) is 1.76. The van der Waals surface area contributed by atoms with Crippen molar-refractivity contribution in [2.75, 3.05) is 23.3 Å². The molecule has 4 rings (SSSR count). The summed E-state index contributed by atoms with van der Waals surface area (Å²) in [6.07, 6.45) is 6.18. The molecule has 3 heterocycles. The van der Waals surface area contributed by atoms with Gasteiger partial charge in [-0.2, -0.15) is 4.98 Å². The molecule has 0 radical (unpaired) electrons. The van der Waals surface area contributed by atoms with Crippen LogP contribution in [0.3, 0.4) is 0 Å². The summed E-state index contributed by atoms with van der Waals surface area (Å²) < 4.78 is 0. The molecule has 0 amide bonds. The highest BCUT2D eigenvalue weighted by Gasteiger charge is 2.36. The van der Waals surface area contributed by atoms with Crippen molar-refractivity contribution in [3.8, 4) is 0 Å². The van der Waals surface area contributed by atoms with Gasteiger partial charge in [0.15, 0.2) is 0 Å². The molecule has 2 aliphatic rings. The van der Waals surface area contributed by atoms with Gasteiger partial charge in [0.05, 0.1) is 23.9 Å². The Morgan fingerprint density at radius 2 is 1.81 bits per heavy atom. The average molecular weight is 355 g/mol. The maximum atomic E-state index is 9.71. The van der Waals surface area contributed by atoms with E-state index in [9.17, 15) is 10.2 Å². The van der Waals surface area contributed by atoms with Crippen LogP contribution < -0.4 is 10.2 Å². The van der Waals surface area contributed by atoms with Gasteiger partial charge in [0.25, 0.3) is 0 Å². The Morgan fingerprint density at radius 1 is 1.00 bits per heavy atom. The third-order valence-electron chi connectivity index (χ3n) is 5.34. The minimum absolute atomic E-state index is 0.0157. The lowest BCUT2D eigenvalue weighted by molar-refractivity contribution is 0.0333. The molecule has 1 saturated carbocycles. The minimum atomic E-state index is -0.222. The van der Waals surface area contributed by atoms with Crippen LogP contribution in [0.4, 0.5) is 11.8 Å². The molecule has 2 fully saturated rings. The van der Waals surface area contributed by atoms with E-state index in [1.165, 1.54) is 0 Å². The lowest BCUT2D eigenvalue weighted by atomic mass is 9.76. The van der Waals surface area contributed by atoms with Crippen molar-refractivity contribution in [2.45, 2.75) is 43.9 Å². The van der Waals surface area contributed by atoms with E-state index in [2.05, 4.69) is 25.2 Å². The van der Waals surface area contributed by atoms with E-state index in [1.807, 2.05) is 24.3 Å². The van der Waals surface area contributed by atoms with E-state index in [0.717, 1.165) is 50.3 Å². The van der Waals surface area contributed by atoms with Crippen molar-refractivity contribution < 1.29 is 10.2 Å². The van der Waals surface area contributed by atoms with Crippen molar-refractivity contribution in [3.63, 3.8) is 0 Å². The molecule has 0 aromatic carbocycles. The Labute approximate surface area is 153 Å². The van der Waals surface area contributed by atoms with E-state index in [4.69, 9.17) is 0 Å². The van der Waals surface area contributed by atoms with Crippen LogP contribution in [0.5, 0.6) is 0 Å². The summed E-state index contributed by atoms with van der Waals surface area (Å²) in [5.41, 5.74) is 0.944. The van der Waals surface area contributed by atoms with Crippen molar-refractivity contribution in [1.29, 1.82) is 0 Å². The number of nitrogens with zero attached hydrogens (tertiary/aromatic N) is 4. The van der Waals surface area contributed by atoms with Gasteiger partial charge in [-0.1, -0.05) is 6.07 Å². The van der Waals surface area contributed by atoms with Gasteiger partial charge in [0.2, 0.25) is 5.95 Å². The van der Waals surface area contributed by atoms with Crippen molar-refractivity contribution in [1.82, 2.24) is 15.0 Å². The third kappa shape index (κ3) is 3.78. The van der Waals surface area contributed by atoms with Gasteiger partial charge in [-0.3, -0.25) is 4.98 Å². The van der Waals surface area contributed by atoms with Crippen LogP contribution in [0.15, 0.2) is 36.7 Å². The molecule has 1 saturated heterocycles. The monoisotopic (exact) mass is 355 g/mol. The fourth-order valence-corrected chi connectivity index (χ4v) is 3.72. The van der Waals surface area contributed by atoms with Gasteiger partial charge in [0, 0.05) is 25.5 Å². The molecule has 0 unspecified atom stereocenters. The summed E-state index contributed by atoms with van der Waals surface area (Å²) in [5, 5.41) is 22.8. The van der Waals surface area contributed by atoms with E-state index >= 15 is 0 Å². The summed E-state index contributed by atoms with van der Waals surface area (Å²) in [6, 6.07) is 7.77. The van der Waals surface area contributed by atoms with Gasteiger partial charge >= 0.3 is 0 Å². The Morgan fingerprint density at radius 3 is 2.50 bits per heavy atom. The van der Waals surface area contributed by atoms with Crippen molar-refractivity contribution in [2.24, 2.45) is 5.92 Å². The zero-order valence-corrected chi connectivity index (χ0v) is 14.7. The van der Waals surface area contributed by atoms with E-state index < -0.39 is 0 Å². The first-order valence-corrected chi connectivity index (χ1v) is 9.30. The van der Waals surface area contributed by atoms with Crippen LogP contribution in [0.2, 0.25) is 0 Å². The molecule has 1 aliphatic carbocycles. The zero-order chi connectivity index (χ0) is 17.9. The second kappa shape index (κ2) is 7.55. The van der Waals surface area contributed by atoms with Gasteiger partial charge in [-0.05, 0) is 49.8 Å². The molecule has 0 spiro atoms. The topological polar surface area (TPSA) is 94.4 Å². The molecule has 2 aromatic rings. The highest BCUT2D eigenvalue weighted by Crippen LogP contribution is 2.39. The molecule has 7 heteroatoms. The summed E-state index contributed by atoms with van der Waals surface area (Å²) in [4.78, 5) is 15.7. The number of piperidine rings is 1. The summed E-state index contributed by atoms with van der Waals surface area (Å²) >= 11 is 0. The summed E-state index contributed by atoms with van der Waals surface area (Å²) in [7, 11) is 0. The first-order valence-electron chi connectivity index (χ1n) is 9.30. The molecule has 7 nitrogen and oxygen atoms in total. The second-order valence-corrected chi connectivity index (χ2v) is 7.22. The molecular formula is C19H25N5O2. The Kier molecular flexibility index (Phi) is 4.99. The Balaban J connectivity index is 1.51. The lowest BCUT2D eigenvalue weighted by Crippen LogP contribution is -2.37. The highest BCUT2D eigenvalue weighted by molar-refractivity contribution is 5.44. The van der Waals surface area contributed by atoms with Crippen LogP contribution in [0.25, 0.3) is 0 Å². The van der Waals surface area contributed by atoms with Gasteiger partial charge in [-0.25, -0.2) is 4.98 Å². The first-order chi connectivity index (χ1) is 12.7. The largest absolute Gasteiger partial charge is 0.393 e. The standard InChI is InChI=1S/C19H25N5O2/c25-14-5-9-24(10-6-14)17-4-8-21-19(22-17)23-18(13-11-15(26)12-13)16-3-1-2-7-20-16/h1-4,7-8,13-15,18,25-26H,5-6,9-12H2,(H,21,22,23)/t13?,15?,18-/m0/s1. The number of nitrogens with one attached hydrogen (secondary N) is 1. The normalized spacial score (nSPS) is 24.8. The lowest BCUT2D eigenvalue weighted by Gasteiger charge is -2.37. The smallest absolute Gasteiger partial charge is 0.225 e. The van der Waals surface area contributed by atoms with Crippen molar-refractivity contribution >= 4 is 11.8 Å². The van der Waals surface area contributed by atoms with E-state index in [-0.39, 0.29) is 18.2 Å². The third-order valence-corrected chi connectivity index (χ3v) is 5.34. The Bertz CT molecular complexity index is 715. The number of hydrogen-bond donors (Lipinski definition) is 3. The predicted molar refractivity (Wildman–Crippen MR) is 98.8 cm³/mol. The number of aliphatic hydroxyl groups excluding tert-OH is 2. The van der Waals surface area contributed by atoms with Gasteiger partial charge < -0.3 is 20.4 Å². The van der Waals surface area contributed by atoms with Crippen LogP contribution in [-0.2, 0) is 0 Å². The number of aliphatic hydroxyl groups is 2. The van der Waals surface area contributed by atoms with Crippen LogP contribution >= 0.6 is 0 Å². The molecule has 138 valence electrons. The second-order valence-electron chi connectivity index (χ2n) is 7.22. The number of pyridine rings is 1. The molecule has 0 bridgehead atoms. The number of aromatic nitrogens is 3. The minimum Gasteiger partial charge on any atom is -0.393 e. The number of anilines is 2. The molecule has 26 heavy (non-hydrogen) atoms. The maximum Gasteiger partial charge on any atom is 0.225 e. The van der Waals surface area contributed by atoms with Gasteiger partial charge in [-0.15, -0.1) is 0 Å². The summed E-state index contributed by atoms with van der Waals surface area (Å²) in [5.74, 6) is 1.77. The maximum absolute atomic E-state index is 9.71. The zero-order valence-electron chi connectivity index (χ0n) is 14.7. The van der Waals surface area contributed by atoms with Gasteiger partial charge in [0.1, 0.15) is 5.82 Å². The quantitative estimate of drug-likeness (QED) is 0.752. The van der Waals surface area contributed by atoms with E-state index in [0.29, 0.717) is 11.9 Å². The van der Waals surface area contributed by atoms with Crippen molar-refractivity contribution in [3.05, 3.63) is 42.4 Å². The fraction of sp³-hybridized carbons (Fsp3) is 0.526. The number of rotatable bonds is 5. The fourth-order valence-electron chi connectivity index (χ4n) is 3.72. The number of hydrogen-bond acceptors (Lipinski definition) is 7. The van der Waals surface area contributed by atoms with Crippen LogP contribution in [0.1, 0.15) is 37.4 Å². The molecule has 3 N–H and O–H groups in total. The molecule has 1 atom stereocenters.